The monoisotopic (exact) mass is 350 g/mol. The molecule has 1 aliphatic carbocycles. The Kier molecular flexibility index (Phi) is 5.53. The Morgan fingerprint density at radius 1 is 1.04 bits per heavy atom. The Morgan fingerprint density at radius 3 is 2.42 bits per heavy atom. The second-order valence-electron chi connectivity index (χ2n) is 6.01. The number of nitrogens with zero attached hydrogens (tertiary/aromatic N) is 2. The van der Waals surface area contributed by atoms with Crippen LogP contribution in [0.25, 0.3) is 6.08 Å². The Hall–Kier alpha value is -3.28. The van der Waals surface area contributed by atoms with Gasteiger partial charge in [-0.1, -0.05) is 35.5 Å². The number of non-ortho nitro benzene ring substituents is 1. The molecular formula is C20H18N2O4. The number of hydrogen-bond acceptors (Lipinski definition) is 5. The average Bonchev–Trinajstić information content (AvgIpc) is 2.68. The van der Waals surface area contributed by atoms with Crippen molar-refractivity contribution < 1.29 is 14.6 Å². The quantitative estimate of drug-likeness (QED) is 0.452. The van der Waals surface area contributed by atoms with E-state index in [4.69, 9.17) is 4.84 Å². The summed E-state index contributed by atoms with van der Waals surface area (Å²) in [5.74, 6) is -0.628. The second-order valence-corrected chi connectivity index (χ2v) is 6.01. The van der Waals surface area contributed by atoms with Crippen molar-refractivity contribution in [3.05, 3.63) is 81.4 Å². The lowest BCUT2D eigenvalue weighted by molar-refractivity contribution is -0.384. The highest BCUT2D eigenvalue weighted by Gasteiger charge is 2.16. The number of carbonyl (C=O) groups excluding carboxylic acids is 1. The van der Waals surface area contributed by atoms with Crippen LogP contribution in [0.5, 0.6) is 0 Å². The lowest BCUT2D eigenvalue weighted by atomic mass is 9.91. The van der Waals surface area contributed by atoms with Gasteiger partial charge in [0.15, 0.2) is 0 Å². The predicted molar refractivity (Wildman–Crippen MR) is 98.8 cm³/mol. The number of allylic oxidation sites excluding steroid dienone is 1. The molecule has 0 N–H and O–H groups in total. The molecule has 3 rings (SSSR count). The van der Waals surface area contributed by atoms with Gasteiger partial charge in [-0.05, 0) is 55.0 Å². The van der Waals surface area contributed by atoms with Gasteiger partial charge in [-0.2, -0.15) is 0 Å². The van der Waals surface area contributed by atoms with Gasteiger partial charge in [0.2, 0.25) is 0 Å². The fourth-order valence-electron chi connectivity index (χ4n) is 2.79. The fraction of sp³-hybridized carbons (Fsp3) is 0.200. The van der Waals surface area contributed by atoms with E-state index in [-0.39, 0.29) is 11.3 Å². The second kappa shape index (κ2) is 8.20. The molecule has 2 aromatic carbocycles. The first kappa shape index (κ1) is 17.5. The molecule has 0 unspecified atom stereocenters. The Balaban J connectivity index is 1.73. The summed E-state index contributed by atoms with van der Waals surface area (Å²) in [6, 6.07) is 15.2. The SMILES string of the molecule is O=C(O/N=C1\CCCC\C1=C/c1ccccc1)c1ccc([N+](=O)[O-])cc1. The van der Waals surface area contributed by atoms with Crippen LogP contribution in [0, 0.1) is 10.1 Å². The number of oxime groups is 1. The molecule has 1 saturated carbocycles. The van der Waals surface area contributed by atoms with E-state index in [0.717, 1.165) is 42.5 Å². The van der Waals surface area contributed by atoms with Crippen molar-refractivity contribution in [2.24, 2.45) is 5.16 Å². The number of hydrogen-bond donors (Lipinski definition) is 0. The van der Waals surface area contributed by atoms with Crippen molar-refractivity contribution in [3.63, 3.8) is 0 Å². The zero-order chi connectivity index (χ0) is 18.4. The highest BCUT2D eigenvalue weighted by Crippen LogP contribution is 2.24. The molecule has 132 valence electrons. The van der Waals surface area contributed by atoms with Crippen LogP contribution >= 0.6 is 0 Å². The molecule has 0 atom stereocenters. The molecule has 6 nitrogen and oxygen atoms in total. The maximum Gasteiger partial charge on any atom is 0.365 e. The van der Waals surface area contributed by atoms with Crippen molar-refractivity contribution in [2.45, 2.75) is 25.7 Å². The zero-order valence-corrected chi connectivity index (χ0v) is 14.1. The maximum absolute atomic E-state index is 12.1. The molecule has 26 heavy (non-hydrogen) atoms. The standard InChI is InChI=1S/C20H18N2O4/c23-20(16-10-12-18(13-11-16)22(24)25)26-21-19-9-5-4-8-17(19)14-15-6-2-1-3-7-15/h1-3,6-7,10-14H,4-5,8-9H2/b17-14+,21-19+. The lowest BCUT2D eigenvalue weighted by Gasteiger charge is -2.16. The largest absolute Gasteiger partial charge is 0.365 e. The summed E-state index contributed by atoms with van der Waals surface area (Å²) in [7, 11) is 0. The van der Waals surface area contributed by atoms with Crippen LogP contribution in [-0.4, -0.2) is 16.6 Å². The smallest absolute Gasteiger partial charge is 0.313 e. The summed E-state index contributed by atoms with van der Waals surface area (Å²) in [6.07, 6.45) is 5.79. The average molecular weight is 350 g/mol. The third-order valence-corrected chi connectivity index (χ3v) is 4.17. The van der Waals surface area contributed by atoms with E-state index in [9.17, 15) is 14.9 Å². The number of carbonyl (C=O) groups is 1. The van der Waals surface area contributed by atoms with Crippen LogP contribution in [-0.2, 0) is 4.84 Å². The Morgan fingerprint density at radius 2 is 1.73 bits per heavy atom. The van der Waals surface area contributed by atoms with E-state index < -0.39 is 10.9 Å². The van der Waals surface area contributed by atoms with Gasteiger partial charge >= 0.3 is 5.97 Å². The van der Waals surface area contributed by atoms with Gasteiger partial charge in [0.25, 0.3) is 5.69 Å². The van der Waals surface area contributed by atoms with Crippen LogP contribution < -0.4 is 0 Å². The molecule has 1 aliphatic rings. The molecule has 0 radical (unpaired) electrons. The molecule has 2 aromatic rings. The van der Waals surface area contributed by atoms with Crippen LogP contribution in [0.2, 0.25) is 0 Å². The highest BCUT2D eigenvalue weighted by atomic mass is 16.7. The maximum atomic E-state index is 12.1. The first-order valence-corrected chi connectivity index (χ1v) is 8.42. The van der Waals surface area contributed by atoms with Crippen molar-refractivity contribution >= 4 is 23.4 Å². The van der Waals surface area contributed by atoms with Gasteiger partial charge in [-0.25, -0.2) is 4.79 Å². The Bertz CT molecular complexity index is 855. The van der Waals surface area contributed by atoms with Crippen LogP contribution in [0.1, 0.15) is 41.6 Å². The highest BCUT2D eigenvalue weighted by molar-refractivity contribution is 6.04. The number of nitro groups is 1. The molecule has 0 aliphatic heterocycles. The van der Waals surface area contributed by atoms with Gasteiger partial charge in [-0.3, -0.25) is 10.1 Å². The zero-order valence-electron chi connectivity index (χ0n) is 14.1. The number of rotatable bonds is 4. The van der Waals surface area contributed by atoms with E-state index in [0.29, 0.717) is 0 Å². The van der Waals surface area contributed by atoms with E-state index in [1.807, 2.05) is 30.3 Å². The lowest BCUT2D eigenvalue weighted by Crippen LogP contribution is -2.11. The van der Waals surface area contributed by atoms with Gasteiger partial charge in [-0.15, -0.1) is 0 Å². The van der Waals surface area contributed by atoms with Crippen molar-refractivity contribution in [1.29, 1.82) is 0 Å². The van der Waals surface area contributed by atoms with E-state index in [1.165, 1.54) is 24.3 Å². The third-order valence-electron chi connectivity index (χ3n) is 4.17. The van der Waals surface area contributed by atoms with E-state index in [2.05, 4.69) is 11.2 Å². The molecule has 0 spiro atoms. The topological polar surface area (TPSA) is 81.8 Å². The minimum Gasteiger partial charge on any atom is -0.313 e. The summed E-state index contributed by atoms with van der Waals surface area (Å²) < 4.78 is 0. The van der Waals surface area contributed by atoms with Crippen LogP contribution in [0.4, 0.5) is 5.69 Å². The summed E-state index contributed by atoms with van der Waals surface area (Å²) in [5, 5.41) is 14.7. The van der Waals surface area contributed by atoms with E-state index in [1.54, 1.807) is 0 Å². The minimum atomic E-state index is -0.628. The van der Waals surface area contributed by atoms with Gasteiger partial charge in [0, 0.05) is 12.1 Å². The third kappa shape index (κ3) is 4.42. The van der Waals surface area contributed by atoms with Crippen molar-refractivity contribution in [1.82, 2.24) is 0 Å². The molecule has 1 fully saturated rings. The van der Waals surface area contributed by atoms with Gasteiger partial charge in [0.05, 0.1) is 16.2 Å². The van der Waals surface area contributed by atoms with Crippen LogP contribution in [0.3, 0.4) is 0 Å². The van der Waals surface area contributed by atoms with Gasteiger partial charge in [0.1, 0.15) is 0 Å². The summed E-state index contributed by atoms with van der Waals surface area (Å²) in [4.78, 5) is 27.3. The molecule has 6 heteroatoms. The van der Waals surface area contributed by atoms with E-state index >= 15 is 0 Å². The molecule has 0 amide bonds. The summed E-state index contributed by atoms with van der Waals surface area (Å²) >= 11 is 0. The minimum absolute atomic E-state index is 0.0757. The summed E-state index contributed by atoms with van der Waals surface area (Å²) in [6.45, 7) is 0. The molecule has 0 saturated heterocycles. The first-order chi connectivity index (χ1) is 12.6. The Labute approximate surface area is 150 Å². The number of benzene rings is 2. The van der Waals surface area contributed by atoms with Crippen molar-refractivity contribution in [3.8, 4) is 0 Å². The molecular weight excluding hydrogens is 332 g/mol. The predicted octanol–water partition coefficient (Wildman–Crippen LogP) is 4.77. The first-order valence-electron chi connectivity index (χ1n) is 8.42. The molecule has 0 bridgehead atoms. The molecule has 0 aromatic heterocycles. The fourth-order valence-corrected chi connectivity index (χ4v) is 2.79. The molecule has 0 heterocycles. The van der Waals surface area contributed by atoms with Crippen molar-refractivity contribution in [2.75, 3.05) is 0 Å². The normalized spacial score (nSPS) is 17.2. The van der Waals surface area contributed by atoms with Gasteiger partial charge < -0.3 is 4.84 Å². The van der Waals surface area contributed by atoms with Crippen LogP contribution in [0.15, 0.2) is 65.3 Å². The number of nitro benzene ring substituents is 1. The summed E-state index contributed by atoms with van der Waals surface area (Å²) in [5.41, 5.74) is 3.07.